The zero-order chi connectivity index (χ0) is 12.9. The van der Waals surface area contributed by atoms with Gasteiger partial charge in [-0.05, 0) is 46.1 Å². The molecule has 17 heavy (non-hydrogen) atoms. The van der Waals surface area contributed by atoms with Gasteiger partial charge in [0.05, 0.1) is 0 Å². The Bertz CT molecular complexity index is 282. The van der Waals surface area contributed by atoms with Crippen molar-refractivity contribution in [1.29, 1.82) is 0 Å². The van der Waals surface area contributed by atoms with Crippen molar-refractivity contribution in [2.24, 2.45) is 17.3 Å². The number of hydrogen-bond acceptors (Lipinski definition) is 2. The van der Waals surface area contributed by atoms with Crippen LogP contribution in [0.3, 0.4) is 0 Å². The van der Waals surface area contributed by atoms with E-state index in [1.165, 1.54) is 0 Å². The van der Waals surface area contributed by atoms with Gasteiger partial charge >= 0.3 is 0 Å². The maximum absolute atomic E-state index is 5.50. The minimum atomic E-state index is 0.111. The molecule has 1 heterocycles. The highest BCUT2D eigenvalue weighted by molar-refractivity contribution is 5.09. The molecule has 1 aliphatic heterocycles. The van der Waals surface area contributed by atoms with E-state index in [1.807, 2.05) is 7.05 Å². The zero-order valence-electron chi connectivity index (χ0n) is 12.0. The van der Waals surface area contributed by atoms with Gasteiger partial charge in [0, 0.05) is 31.1 Å². The Hall–Kier alpha value is -0.520. The van der Waals surface area contributed by atoms with Crippen molar-refractivity contribution in [2.45, 2.75) is 46.6 Å². The van der Waals surface area contributed by atoms with Gasteiger partial charge in [-0.3, -0.25) is 0 Å². The summed E-state index contributed by atoms with van der Waals surface area (Å²) in [7, 11) is 2.05. The highest BCUT2D eigenvalue weighted by Crippen LogP contribution is 2.26. The molecule has 0 spiro atoms. The molecular formula is C15H27NO. The maximum Gasteiger partial charge on any atom is 0.0494 e. The SMILES string of the molecule is CNC(CC#CC(C)(C)C)C1CCOCC1C. The first-order valence-electron chi connectivity index (χ1n) is 6.69. The van der Waals surface area contributed by atoms with E-state index in [0.29, 0.717) is 17.9 Å². The standard InChI is InChI=1S/C15H27NO/c1-12-11-17-10-8-13(12)14(16-5)7-6-9-15(2,3)4/h12-14,16H,7-8,10-11H2,1-5H3. The first-order chi connectivity index (χ1) is 7.94. The van der Waals surface area contributed by atoms with Gasteiger partial charge in [0.25, 0.3) is 0 Å². The smallest absolute Gasteiger partial charge is 0.0494 e. The summed E-state index contributed by atoms with van der Waals surface area (Å²) >= 11 is 0. The molecule has 3 atom stereocenters. The van der Waals surface area contributed by atoms with Crippen LogP contribution in [0.15, 0.2) is 0 Å². The number of nitrogens with one attached hydrogen (secondary N) is 1. The summed E-state index contributed by atoms with van der Waals surface area (Å²) in [6, 6.07) is 0.503. The minimum absolute atomic E-state index is 0.111. The molecule has 0 amide bonds. The van der Waals surface area contributed by atoms with Crippen LogP contribution in [-0.2, 0) is 4.74 Å². The Morgan fingerprint density at radius 2 is 2.12 bits per heavy atom. The second kappa shape index (κ2) is 6.42. The van der Waals surface area contributed by atoms with Gasteiger partial charge in [-0.1, -0.05) is 12.8 Å². The van der Waals surface area contributed by atoms with Crippen LogP contribution < -0.4 is 5.32 Å². The molecule has 0 aromatic rings. The molecule has 0 radical (unpaired) electrons. The molecule has 1 N–H and O–H groups in total. The van der Waals surface area contributed by atoms with E-state index < -0.39 is 0 Å². The normalized spacial score (nSPS) is 27.1. The summed E-state index contributed by atoms with van der Waals surface area (Å²) in [5.74, 6) is 7.99. The summed E-state index contributed by atoms with van der Waals surface area (Å²) in [6.45, 7) is 10.6. The van der Waals surface area contributed by atoms with Crippen LogP contribution in [0.5, 0.6) is 0 Å². The van der Waals surface area contributed by atoms with Crippen molar-refractivity contribution in [3.63, 3.8) is 0 Å². The second-order valence-corrected chi connectivity index (χ2v) is 6.16. The van der Waals surface area contributed by atoms with E-state index in [1.54, 1.807) is 0 Å². The van der Waals surface area contributed by atoms with E-state index in [-0.39, 0.29) is 5.41 Å². The van der Waals surface area contributed by atoms with Crippen molar-refractivity contribution in [2.75, 3.05) is 20.3 Å². The third-order valence-corrected chi connectivity index (χ3v) is 3.38. The highest BCUT2D eigenvalue weighted by atomic mass is 16.5. The molecule has 1 fully saturated rings. The monoisotopic (exact) mass is 237 g/mol. The summed E-state index contributed by atoms with van der Waals surface area (Å²) in [5, 5.41) is 3.43. The lowest BCUT2D eigenvalue weighted by Crippen LogP contribution is -2.41. The number of hydrogen-bond donors (Lipinski definition) is 1. The Labute approximate surface area is 107 Å². The van der Waals surface area contributed by atoms with Crippen LogP contribution in [0.25, 0.3) is 0 Å². The first kappa shape index (κ1) is 14.5. The molecule has 1 rings (SSSR count). The van der Waals surface area contributed by atoms with Gasteiger partial charge in [-0.15, -0.1) is 5.92 Å². The average Bonchev–Trinajstić information content (AvgIpc) is 2.24. The van der Waals surface area contributed by atoms with E-state index in [9.17, 15) is 0 Å². The fourth-order valence-electron chi connectivity index (χ4n) is 2.39. The lowest BCUT2D eigenvalue weighted by atomic mass is 9.82. The third-order valence-electron chi connectivity index (χ3n) is 3.38. The van der Waals surface area contributed by atoms with E-state index >= 15 is 0 Å². The summed E-state index contributed by atoms with van der Waals surface area (Å²) < 4.78 is 5.50. The Balaban J connectivity index is 2.55. The van der Waals surface area contributed by atoms with E-state index in [4.69, 9.17) is 4.74 Å². The van der Waals surface area contributed by atoms with Crippen LogP contribution in [0.1, 0.15) is 40.5 Å². The molecule has 2 heteroatoms. The van der Waals surface area contributed by atoms with Gasteiger partial charge in [0.15, 0.2) is 0 Å². The van der Waals surface area contributed by atoms with E-state index in [0.717, 1.165) is 26.1 Å². The highest BCUT2D eigenvalue weighted by Gasteiger charge is 2.28. The number of ether oxygens (including phenoxy) is 1. The van der Waals surface area contributed by atoms with E-state index in [2.05, 4.69) is 44.9 Å². The Morgan fingerprint density at radius 1 is 1.41 bits per heavy atom. The molecule has 0 aliphatic carbocycles. The van der Waals surface area contributed by atoms with Gasteiger partial charge in [0.2, 0.25) is 0 Å². The van der Waals surface area contributed by atoms with Crippen molar-refractivity contribution >= 4 is 0 Å². The van der Waals surface area contributed by atoms with Gasteiger partial charge in [0.1, 0.15) is 0 Å². The minimum Gasteiger partial charge on any atom is -0.381 e. The predicted molar refractivity (Wildman–Crippen MR) is 72.8 cm³/mol. The number of rotatable bonds is 3. The fraction of sp³-hybridized carbons (Fsp3) is 0.867. The Morgan fingerprint density at radius 3 is 2.65 bits per heavy atom. The van der Waals surface area contributed by atoms with Crippen molar-refractivity contribution in [3.05, 3.63) is 0 Å². The Kier molecular flexibility index (Phi) is 5.49. The third kappa shape index (κ3) is 5.10. The molecule has 98 valence electrons. The average molecular weight is 237 g/mol. The summed E-state index contributed by atoms with van der Waals surface area (Å²) in [4.78, 5) is 0. The van der Waals surface area contributed by atoms with Crippen molar-refractivity contribution < 1.29 is 4.74 Å². The van der Waals surface area contributed by atoms with Crippen LogP contribution >= 0.6 is 0 Å². The lowest BCUT2D eigenvalue weighted by molar-refractivity contribution is 0.0125. The quantitative estimate of drug-likeness (QED) is 0.762. The zero-order valence-corrected chi connectivity index (χ0v) is 12.0. The molecule has 2 nitrogen and oxygen atoms in total. The van der Waals surface area contributed by atoms with Crippen LogP contribution in [0.2, 0.25) is 0 Å². The fourth-order valence-corrected chi connectivity index (χ4v) is 2.39. The molecule has 0 aromatic heterocycles. The second-order valence-electron chi connectivity index (χ2n) is 6.16. The summed E-state index contributed by atoms with van der Waals surface area (Å²) in [6.07, 6.45) is 2.10. The molecule has 1 aliphatic rings. The molecule has 3 unspecified atom stereocenters. The summed E-state index contributed by atoms with van der Waals surface area (Å²) in [5.41, 5.74) is 0.111. The van der Waals surface area contributed by atoms with Crippen LogP contribution in [0.4, 0.5) is 0 Å². The largest absolute Gasteiger partial charge is 0.381 e. The topological polar surface area (TPSA) is 21.3 Å². The molecule has 0 aromatic carbocycles. The molecule has 0 saturated carbocycles. The van der Waals surface area contributed by atoms with Gasteiger partial charge < -0.3 is 10.1 Å². The molecule has 1 saturated heterocycles. The first-order valence-corrected chi connectivity index (χ1v) is 6.69. The lowest BCUT2D eigenvalue weighted by Gasteiger charge is -2.34. The van der Waals surface area contributed by atoms with Crippen molar-refractivity contribution in [1.82, 2.24) is 5.32 Å². The van der Waals surface area contributed by atoms with Gasteiger partial charge in [-0.25, -0.2) is 0 Å². The van der Waals surface area contributed by atoms with Crippen molar-refractivity contribution in [3.8, 4) is 11.8 Å². The molecular weight excluding hydrogens is 210 g/mol. The maximum atomic E-state index is 5.50. The van der Waals surface area contributed by atoms with Crippen LogP contribution in [-0.4, -0.2) is 26.3 Å². The molecule has 0 bridgehead atoms. The van der Waals surface area contributed by atoms with Crippen LogP contribution in [0, 0.1) is 29.1 Å². The predicted octanol–water partition coefficient (Wildman–Crippen LogP) is 2.69. The van der Waals surface area contributed by atoms with Gasteiger partial charge in [-0.2, -0.15) is 0 Å².